The third-order valence-corrected chi connectivity index (χ3v) is 5.92. The zero-order valence-corrected chi connectivity index (χ0v) is 18.1. The Kier molecular flexibility index (Phi) is 6.69. The molecule has 9 heteroatoms. The third kappa shape index (κ3) is 5.04. The van der Waals surface area contributed by atoms with Gasteiger partial charge in [-0.2, -0.15) is 0 Å². The van der Waals surface area contributed by atoms with Crippen LogP contribution in [0.2, 0.25) is 0 Å². The molecule has 0 aromatic heterocycles. The first kappa shape index (κ1) is 22.5. The summed E-state index contributed by atoms with van der Waals surface area (Å²) in [7, 11) is 1.40. The highest BCUT2D eigenvalue weighted by atomic mass is 16.6. The smallest absolute Gasteiger partial charge is 0.296 e. The quantitative estimate of drug-likeness (QED) is 0.502. The van der Waals surface area contributed by atoms with E-state index in [2.05, 4.69) is 5.32 Å². The van der Waals surface area contributed by atoms with Crippen LogP contribution in [-0.4, -0.2) is 42.5 Å². The van der Waals surface area contributed by atoms with E-state index < -0.39 is 10.8 Å². The predicted octanol–water partition coefficient (Wildman–Crippen LogP) is 3.74. The molecule has 4 rings (SSSR count). The number of methoxy groups -OCH3 is 1. The molecule has 33 heavy (non-hydrogen) atoms. The van der Waals surface area contributed by atoms with Crippen LogP contribution in [0.4, 0.5) is 11.4 Å². The Balaban J connectivity index is 1.32. The van der Waals surface area contributed by atoms with E-state index >= 15 is 0 Å². The number of allylic oxidation sites excluding steroid dienone is 1. The Hall–Kier alpha value is -3.72. The lowest BCUT2D eigenvalue weighted by Crippen LogP contribution is -2.42. The van der Waals surface area contributed by atoms with Crippen molar-refractivity contribution < 1.29 is 28.7 Å². The summed E-state index contributed by atoms with van der Waals surface area (Å²) in [6.45, 7) is -0.260. The van der Waals surface area contributed by atoms with Gasteiger partial charge in [0.2, 0.25) is 0 Å². The van der Waals surface area contributed by atoms with Crippen LogP contribution in [0.3, 0.4) is 0 Å². The molecule has 2 aliphatic rings. The van der Waals surface area contributed by atoms with E-state index in [1.807, 2.05) is 30.3 Å². The van der Waals surface area contributed by atoms with E-state index in [1.165, 1.54) is 31.6 Å². The summed E-state index contributed by atoms with van der Waals surface area (Å²) in [4.78, 5) is 36.0. The number of ketones is 1. The molecule has 1 aliphatic heterocycles. The summed E-state index contributed by atoms with van der Waals surface area (Å²) in [6.07, 6.45) is 2.69. The van der Waals surface area contributed by atoms with Crippen LogP contribution in [0.1, 0.15) is 24.8 Å². The maximum Gasteiger partial charge on any atom is 0.296 e. The molecule has 1 heterocycles. The van der Waals surface area contributed by atoms with Gasteiger partial charge >= 0.3 is 0 Å². The van der Waals surface area contributed by atoms with Crippen molar-refractivity contribution in [3.63, 3.8) is 0 Å². The Morgan fingerprint density at radius 2 is 2.00 bits per heavy atom. The Labute approximate surface area is 190 Å². The number of Topliss-reactive ketones (excluding diaryl/α,β-unsaturated/α-hetero) is 1. The molecule has 1 amide bonds. The number of nitrogens with zero attached hydrogens (tertiary/aromatic N) is 1. The van der Waals surface area contributed by atoms with Gasteiger partial charge in [-0.15, -0.1) is 0 Å². The topological polar surface area (TPSA) is 117 Å². The number of carbonyl (C=O) groups excluding carboxylic acids is 2. The molecule has 3 unspecified atom stereocenters. The first-order valence-electron chi connectivity index (χ1n) is 10.7. The summed E-state index contributed by atoms with van der Waals surface area (Å²) in [5.74, 6) is -0.349. The normalized spacial score (nSPS) is 21.9. The van der Waals surface area contributed by atoms with Crippen molar-refractivity contribution in [2.75, 3.05) is 19.0 Å². The van der Waals surface area contributed by atoms with E-state index in [-0.39, 0.29) is 41.9 Å². The number of nitrogens with one attached hydrogen (secondary N) is 1. The predicted molar refractivity (Wildman–Crippen MR) is 120 cm³/mol. The summed E-state index contributed by atoms with van der Waals surface area (Å²) >= 11 is 0. The molecule has 0 saturated heterocycles. The van der Waals surface area contributed by atoms with Crippen molar-refractivity contribution >= 4 is 28.6 Å². The number of rotatable bonds is 7. The Bertz CT molecular complexity index is 1080. The van der Waals surface area contributed by atoms with Gasteiger partial charge in [0.25, 0.3) is 11.6 Å². The SMILES string of the molecule is COc1ccc(NC(=O)COC2CCC3C(=O)C(c4ccccc4)=COC3C2)c([N+](=O)[O-])c1. The standard InChI is InChI=1S/C24H24N2O7/c1-31-16-8-10-20(21(11-16)26(29)30)25-23(27)14-32-17-7-9-18-22(12-17)33-13-19(24(18)28)15-5-3-2-4-6-15/h2-6,8,10-11,13,17-18,22H,7,9,12,14H2,1H3,(H,25,27). The Morgan fingerprint density at radius 1 is 1.21 bits per heavy atom. The number of carbonyl (C=O) groups is 2. The van der Waals surface area contributed by atoms with Gasteiger partial charge in [-0.3, -0.25) is 19.7 Å². The number of anilines is 1. The van der Waals surface area contributed by atoms with E-state index in [9.17, 15) is 19.7 Å². The fraction of sp³-hybridized carbons (Fsp3) is 0.333. The number of nitro benzene ring substituents is 1. The van der Waals surface area contributed by atoms with Crippen molar-refractivity contribution in [1.29, 1.82) is 0 Å². The number of hydrogen-bond donors (Lipinski definition) is 1. The summed E-state index contributed by atoms with van der Waals surface area (Å²) < 4.78 is 16.6. The molecular weight excluding hydrogens is 428 g/mol. The average Bonchev–Trinajstić information content (AvgIpc) is 2.83. The summed E-state index contributed by atoms with van der Waals surface area (Å²) in [6, 6.07) is 13.6. The van der Waals surface area contributed by atoms with Gasteiger partial charge in [-0.25, -0.2) is 0 Å². The van der Waals surface area contributed by atoms with Crippen molar-refractivity contribution in [3.8, 4) is 5.75 Å². The van der Waals surface area contributed by atoms with Gasteiger partial charge in [0.1, 0.15) is 24.1 Å². The molecular formula is C24H24N2O7. The van der Waals surface area contributed by atoms with Crippen molar-refractivity contribution in [1.82, 2.24) is 0 Å². The van der Waals surface area contributed by atoms with Crippen LogP contribution in [0, 0.1) is 16.0 Å². The first-order valence-corrected chi connectivity index (χ1v) is 10.7. The van der Waals surface area contributed by atoms with Crippen LogP contribution >= 0.6 is 0 Å². The van der Waals surface area contributed by atoms with E-state index in [0.717, 1.165) is 5.56 Å². The van der Waals surface area contributed by atoms with Gasteiger partial charge in [0, 0.05) is 6.42 Å². The minimum atomic E-state index is -0.588. The number of ether oxygens (including phenoxy) is 3. The minimum Gasteiger partial charge on any atom is -0.496 e. The van der Waals surface area contributed by atoms with E-state index in [4.69, 9.17) is 14.2 Å². The average molecular weight is 452 g/mol. The summed E-state index contributed by atoms with van der Waals surface area (Å²) in [5, 5.41) is 13.8. The fourth-order valence-corrected chi connectivity index (χ4v) is 4.21. The molecule has 3 atom stereocenters. The number of amides is 1. The first-order chi connectivity index (χ1) is 16.0. The van der Waals surface area contributed by atoms with Crippen LogP contribution in [0.5, 0.6) is 5.75 Å². The largest absolute Gasteiger partial charge is 0.496 e. The van der Waals surface area contributed by atoms with Crippen LogP contribution < -0.4 is 10.1 Å². The molecule has 2 aromatic carbocycles. The molecule has 172 valence electrons. The second kappa shape index (κ2) is 9.83. The molecule has 0 spiro atoms. The molecule has 0 bridgehead atoms. The zero-order valence-electron chi connectivity index (χ0n) is 18.1. The van der Waals surface area contributed by atoms with Crippen molar-refractivity contribution in [3.05, 3.63) is 70.5 Å². The lowest BCUT2D eigenvalue weighted by Gasteiger charge is -2.37. The van der Waals surface area contributed by atoms with Crippen molar-refractivity contribution in [2.24, 2.45) is 5.92 Å². The van der Waals surface area contributed by atoms with Crippen LogP contribution in [0.25, 0.3) is 5.57 Å². The lowest BCUT2D eigenvalue weighted by molar-refractivity contribution is -0.384. The molecule has 1 fully saturated rings. The van der Waals surface area contributed by atoms with Gasteiger partial charge in [-0.1, -0.05) is 30.3 Å². The number of fused-ring (bicyclic) bond motifs is 1. The zero-order chi connectivity index (χ0) is 23.4. The fourth-order valence-electron chi connectivity index (χ4n) is 4.21. The van der Waals surface area contributed by atoms with Gasteiger partial charge in [0.15, 0.2) is 5.78 Å². The van der Waals surface area contributed by atoms with Crippen LogP contribution in [-0.2, 0) is 19.1 Å². The van der Waals surface area contributed by atoms with Gasteiger partial charge in [0.05, 0.1) is 42.0 Å². The number of benzene rings is 2. The maximum atomic E-state index is 13.0. The minimum absolute atomic E-state index is 0.0675. The molecule has 1 aliphatic carbocycles. The monoisotopic (exact) mass is 452 g/mol. The highest BCUT2D eigenvalue weighted by Crippen LogP contribution is 2.37. The highest BCUT2D eigenvalue weighted by Gasteiger charge is 2.40. The molecule has 9 nitrogen and oxygen atoms in total. The van der Waals surface area contributed by atoms with Crippen LogP contribution in [0.15, 0.2) is 54.8 Å². The molecule has 1 saturated carbocycles. The lowest BCUT2D eigenvalue weighted by atomic mass is 9.78. The van der Waals surface area contributed by atoms with Gasteiger partial charge < -0.3 is 19.5 Å². The second-order valence-corrected chi connectivity index (χ2v) is 7.98. The second-order valence-electron chi connectivity index (χ2n) is 7.98. The molecule has 2 aromatic rings. The highest BCUT2D eigenvalue weighted by molar-refractivity contribution is 6.22. The maximum absolute atomic E-state index is 13.0. The number of hydrogen-bond acceptors (Lipinski definition) is 7. The molecule has 0 radical (unpaired) electrons. The van der Waals surface area contributed by atoms with Gasteiger partial charge in [-0.05, 0) is 30.5 Å². The molecule has 1 N–H and O–H groups in total. The van der Waals surface area contributed by atoms with E-state index in [0.29, 0.717) is 30.6 Å². The number of nitro groups is 1. The summed E-state index contributed by atoms with van der Waals surface area (Å²) in [5.41, 5.74) is 1.22. The van der Waals surface area contributed by atoms with Crippen molar-refractivity contribution in [2.45, 2.75) is 31.5 Å². The van der Waals surface area contributed by atoms with E-state index in [1.54, 1.807) is 0 Å². The Morgan fingerprint density at radius 3 is 2.73 bits per heavy atom. The third-order valence-electron chi connectivity index (χ3n) is 5.92.